The number of hydrogen-bond donors (Lipinski definition) is 1. The van der Waals surface area contributed by atoms with Crippen LogP contribution < -0.4 is 29.6 Å². The summed E-state index contributed by atoms with van der Waals surface area (Å²) in [6.45, 7) is 0. The van der Waals surface area contributed by atoms with Gasteiger partial charge in [-0.15, -0.1) is 0 Å². The zero-order chi connectivity index (χ0) is 13.3. The molecule has 94 valence electrons. The maximum absolute atomic E-state index is 11.8. The SMILES string of the molecule is O=C(c1cccc2ccccc12)C(O)S(=O)(=O)[O-].[Na+]. The van der Waals surface area contributed by atoms with E-state index in [0.29, 0.717) is 5.39 Å². The molecule has 2 aromatic rings. The molecule has 2 rings (SSSR count). The second kappa shape index (κ2) is 6.13. The number of rotatable bonds is 3. The van der Waals surface area contributed by atoms with E-state index >= 15 is 0 Å². The Morgan fingerprint density at radius 2 is 1.68 bits per heavy atom. The van der Waals surface area contributed by atoms with Crippen LogP contribution in [0.4, 0.5) is 0 Å². The molecule has 0 saturated heterocycles. The molecule has 0 spiro atoms. The smallest absolute Gasteiger partial charge is 0.746 e. The molecule has 0 radical (unpaired) electrons. The molecule has 0 aliphatic heterocycles. The Morgan fingerprint density at radius 1 is 1.11 bits per heavy atom. The van der Waals surface area contributed by atoms with Crippen LogP contribution in [0.1, 0.15) is 10.4 Å². The zero-order valence-electron chi connectivity index (χ0n) is 10.1. The van der Waals surface area contributed by atoms with Gasteiger partial charge in [-0.25, -0.2) is 8.42 Å². The molecule has 0 fully saturated rings. The summed E-state index contributed by atoms with van der Waals surface area (Å²) in [7, 11) is -5.06. The molecule has 0 bridgehead atoms. The summed E-state index contributed by atoms with van der Waals surface area (Å²) >= 11 is 0. The molecular weight excluding hydrogens is 279 g/mol. The van der Waals surface area contributed by atoms with Crippen molar-refractivity contribution in [2.24, 2.45) is 0 Å². The van der Waals surface area contributed by atoms with Crippen LogP contribution in [-0.2, 0) is 10.1 Å². The molecule has 1 unspecified atom stereocenters. The minimum absolute atomic E-state index is 0. The van der Waals surface area contributed by atoms with E-state index in [1.54, 1.807) is 36.4 Å². The second-order valence-corrected chi connectivity index (χ2v) is 5.17. The summed E-state index contributed by atoms with van der Waals surface area (Å²) in [5.74, 6) is -1.11. The van der Waals surface area contributed by atoms with Crippen molar-refractivity contribution in [1.82, 2.24) is 0 Å². The van der Waals surface area contributed by atoms with Crippen LogP contribution in [0.2, 0.25) is 0 Å². The van der Waals surface area contributed by atoms with Gasteiger partial charge in [0.2, 0.25) is 11.2 Å². The molecule has 2 aromatic carbocycles. The molecule has 5 nitrogen and oxygen atoms in total. The van der Waals surface area contributed by atoms with Crippen molar-refractivity contribution in [2.45, 2.75) is 5.44 Å². The van der Waals surface area contributed by atoms with E-state index in [9.17, 15) is 22.9 Å². The molecule has 0 aliphatic carbocycles. The summed E-state index contributed by atoms with van der Waals surface area (Å²) < 4.78 is 32.0. The maximum atomic E-state index is 11.8. The van der Waals surface area contributed by atoms with Crippen molar-refractivity contribution < 1.29 is 52.4 Å². The van der Waals surface area contributed by atoms with Crippen LogP contribution >= 0.6 is 0 Å². The van der Waals surface area contributed by atoms with Crippen LogP contribution in [0.5, 0.6) is 0 Å². The number of ketones is 1. The molecule has 1 atom stereocenters. The van der Waals surface area contributed by atoms with Crippen molar-refractivity contribution in [3.05, 3.63) is 48.0 Å². The van der Waals surface area contributed by atoms with Gasteiger partial charge in [-0.05, 0) is 10.8 Å². The van der Waals surface area contributed by atoms with Gasteiger partial charge in [0.05, 0.1) is 0 Å². The third-order valence-electron chi connectivity index (χ3n) is 2.55. The number of Topliss-reactive ketones (excluding diaryl/α,β-unsaturated/α-hetero) is 1. The van der Waals surface area contributed by atoms with Gasteiger partial charge in [-0.1, -0.05) is 42.5 Å². The maximum Gasteiger partial charge on any atom is 1.00 e. The van der Waals surface area contributed by atoms with Crippen molar-refractivity contribution in [3.8, 4) is 0 Å². The number of hydrogen-bond acceptors (Lipinski definition) is 5. The Bertz CT molecular complexity index is 706. The Labute approximate surface area is 132 Å². The van der Waals surface area contributed by atoms with Gasteiger partial charge in [0.25, 0.3) is 0 Å². The second-order valence-electron chi connectivity index (χ2n) is 3.74. The molecule has 7 heteroatoms. The normalized spacial score (nSPS) is 12.7. The summed E-state index contributed by atoms with van der Waals surface area (Å²) in [6.07, 6.45) is 0. The van der Waals surface area contributed by atoms with Crippen molar-refractivity contribution in [3.63, 3.8) is 0 Å². The van der Waals surface area contributed by atoms with Crippen LogP contribution in [0.15, 0.2) is 42.5 Å². The number of aliphatic hydroxyl groups is 1. The van der Waals surface area contributed by atoms with Gasteiger partial charge in [0, 0.05) is 5.56 Å². The topological polar surface area (TPSA) is 94.5 Å². The van der Waals surface area contributed by atoms with E-state index in [1.807, 2.05) is 0 Å². The summed E-state index contributed by atoms with van der Waals surface area (Å²) in [6, 6.07) is 11.5. The first-order chi connectivity index (χ1) is 8.41. The van der Waals surface area contributed by atoms with Crippen molar-refractivity contribution in [1.29, 1.82) is 0 Å². The molecule has 1 N–H and O–H groups in total. The summed E-state index contributed by atoms with van der Waals surface area (Å²) in [4.78, 5) is 11.8. The van der Waals surface area contributed by atoms with E-state index in [4.69, 9.17) is 0 Å². The average molecular weight is 288 g/mol. The molecular formula is C12H9NaO5S. The van der Waals surface area contributed by atoms with E-state index in [-0.39, 0.29) is 35.1 Å². The van der Waals surface area contributed by atoms with Crippen LogP contribution in [0, 0.1) is 0 Å². The average Bonchev–Trinajstić information content (AvgIpc) is 2.35. The van der Waals surface area contributed by atoms with Gasteiger partial charge in [-0.3, -0.25) is 4.79 Å². The van der Waals surface area contributed by atoms with Gasteiger partial charge in [0.15, 0.2) is 0 Å². The van der Waals surface area contributed by atoms with Gasteiger partial charge in [0.1, 0.15) is 10.1 Å². The fourth-order valence-corrected chi connectivity index (χ4v) is 2.09. The quantitative estimate of drug-likeness (QED) is 0.396. The monoisotopic (exact) mass is 288 g/mol. The Balaban J connectivity index is 0.00000180. The predicted molar refractivity (Wildman–Crippen MR) is 64.0 cm³/mol. The largest absolute Gasteiger partial charge is 1.00 e. The number of benzene rings is 2. The molecule has 0 aromatic heterocycles. The first-order valence-electron chi connectivity index (χ1n) is 5.06. The first-order valence-corrected chi connectivity index (χ1v) is 6.53. The van der Waals surface area contributed by atoms with Crippen molar-refractivity contribution in [2.75, 3.05) is 0 Å². The van der Waals surface area contributed by atoms with Crippen LogP contribution in [0.3, 0.4) is 0 Å². The Morgan fingerprint density at radius 3 is 2.32 bits per heavy atom. The van der Waals surface area contributed by atoms with E-state index < -0.39 is 21.3 Å². The molecule has 0 saturated carbocycles. The number of carbonyl (C=O) groups is 1. The van der Waals surface area contributed by atoms with E-state index in [1.165, 1.54) is 6.07 Å². The fraction of sp³-hybridized carbons (Fsp3) is 0.0833. The molecule has 19 heavy (non-hydrogen) atoms. The molecule has 0 aliphatic rings. The summed E-state index contributed by atoms with van der Waals surface area (Å²) in [5, 5.41) is 10.4. The summed E-state index contributed by atoms with van der Waals surface area (Å²) in [5.41, 5.74) is -2.55. The zero-order valence-corrected chi connectivity index (χ0v) is 12.9. The fourth-order valence-electron chi connectivity index (χ4n) is 1.70. The number of carbonyl (C=O) groups excluding carboxylic acids is 1. The predicted octanol–water partition coefficient (Wildman–Crippen LogP) is -2.11. The number of aliphatic hydroxyl groups excluding tert-OH is 1. The Kier molecular flexibility index (Phi) is 5.26. The standard InChI is InChI=1S/C12H10O5S.Na/c13-11(12(14)18(15,16)17)10-7-3-5-8-4-1-2-6-9(8)10;/h1-7,12,14H,(H,15,16,17);/q;+1/p-1. The van der Waals surface area contributed by atoms with Crippen LogP contribution in [-0.4, -0.2) is 29.3 Å². The minimum atomic E-state index is -5.06. The third-order valence-corrected chi connectivity index (χ3v) is 3.31. The van der Waals surface area contributed by atoms with E-state index in [0.717, 1.165) is 5.39 Å². The third kappa shape index (κ3) is 3.42. The van der Waals surface area contributed by atoms with E-state index in [2.05, 4.69) is 0 Å². The first kappa shape index (κ1) is 16.3. The minimum Gasteiger partial charge on any atom is -0.746 e. The Hall–Kier alpha value is -0.760. The van der Waals surface area contributed by atoms with Gasteiger partial charge < -0.3 is 9.66 Å². The van der Waals surface area contributed by atoms with Crippen molar-refractivity contribution >= 4 is 26.7 Å². The van der Waals surface area contributed by atoms with Crippen LogP contribution in [0.25, 0.3) is 10.8 Å². The van der Waals surface area contributed by atoms with Gasteiger partial charge >= 0.3 is 29.6 Å². The molecule has 0 amide bonds. The number of fused-ring (bicyclic) bond motifs is 1. The van der Waals surface area contributed by atoms with Gasteiger partial charge in [-0.2, -0.15) is 0 Å². The molecule has 0 heterocycles.